The van der Waals surface area contributed by atoms with Crippen molar-refractivity contribution in [3.05, 3.63) is 35.5 Å². The smallest absolute Gasteiger partial charge is 0.0726 e. The number of nitrogens with zero attached hydrogens (tertiary/aromatic N) is 1. The average molecular weight is 296 g/mol. The first kappa shape index (κ1) is 14.0. The van der Waals surface area contributed by atoms with Crippen LogP contribution < -0.4 is 16.2 Å². The first-order valence-electron chi connectivity index (χ1n) is 8.39. The van der Waals surface area contributed by atoms with Crippen molar-refractivity contribution in [3.8, 4) is 0 Å². The van der Waals surface area contributed by atoms with E-state index in [1.165, 1.54) is 28.8 Å². The molecule has 2 unspecified atom stereocenters. The normalized spacial score (nSPS) is 27.3. The second-order valence-corrected chi connectivity index (χ2v) is 6.69. The molecule has 0 radical (unpaired) electrons. The Morgan fingerprint density at radius 2 is 1.91 bits per heavy atom. The minimum Gasteiger partial charge on any atom is -0.384 e. The van der Waals surface area contributed by atoms with Crippen molar-refractivity contribution in [2.75, 3.05) is 11.9 Å². The van der Waals surface area contributed by atoms with E-state index in [1.807, 2.05) is 0 Å². The number of nitrogens with one attached hydrogen (secondary N) is 3. The van der Waals surface area contributed by atoms with E-state index in [9.17, 15) is 0 Å². The van der Waals surface area contributed by atoms with E-state index in [0.29, 0.717) is 18.0 Å². The summed E-state index contributed by atoms with van der Waals surface area (Å²) in [5.41, 5.74) is 11.9. The molecule has 1 fully saturated rings. The molecule has 4 heteroatoms. The Hall–Kier alpha value is -1.65. The van der Waals surface area contributed by atoms with Crippen LogP contribution in [0.3, 0.4) is 0 Å². The largest absolute Gasteiger partial charge is 0.384 e. The van der Waals surface area contributed by atoms with Crippen LogP contribution in [0.15, 0.2) is 24.3 Å². The number of hydrogen-bond acceptors (Lipinski definition) is 4. The van der Waals surface area contributed by atoms with E-state index in [4.69, 9.17) is 4.98 Å². The van der Waals surface area contributed by atoms with Crippen LogP contribution in [0.4, 0.5) is 5.69 Å². The van der Waals surface area contributed by atoms with Crippen molar-refractivity contribution >= 4 is 16.6 Å². The van der Waals surface area contributed by atoms with Gasteiger partial charge in [0.05, 0.1) is 5.52 Å². The predicted molar refractivity (Wildman–Crippen MR) is 90.9 cm³/mol. The minimum atomic E-state index is 0.489. The van der Waals surface area contributed by atoms with E-state index in [0.717, 1.165) is 24.9 Å². The van der Waals surface area contributed by atoms with Crippen LogP contribution in [0.25, 0.3) is 10.9 Å². The monoisotopic (exact) mass is 296 g/mol. The zero-order valence-electron chi connectivity index (χ0n) is 13.3. The van der Waals surface area contributed by atoms with Gasteiger partial charge in [0, 0.05) is 41.3 Å². The molecule has 0 bridgehead atoms. The zero-order chi connectivity index (χ0) is 15.1. The van der Waals surface area contributed by atoms with Gasteiger partial charge in [-0.15, -0.1) is 0 Å². The Labute approximate surface area is 131 Å². The number of para-hydroxylation sites is 1. The van der Waals surface area contributed by atoms with Crippen molar-refractivity contribution in [2.45, 2.75) is 45.2 Å². The maximum Gasteiger partial charge on any atom is 0.0726 e. The van der Waals surface area contributed by atoms with Crippen LogP contribution in [0.1, 0.15) is 31.5 Å². The summed E-state index contributed by atoms with van der Waals surface area (Å²) in [6.07, 6.45) is 3.50. The van der Waals surface area contributed by atoms with Gasteiger partial charge in [-0.05, 0) is 44.7 Å². The molecule has 1 aliphatic heterocycles. The molecule has 22 heavy (non-hydrogen) atoms. The maximum absolute atomic E-state index is 4.86. The number of fused-ring (bicyclic) bond motifs is 2. The highest BCUT2D eigenvalue weighted by molar-refractivity contribution is 5.93. The summed E-state index contributed by atoms with van der Waals surface area (Å²) < 4.78 is 0. The van der Waals surface area contributed by atoms with Gasteiger partial charge in [0.1, 0.15) is 0 Å². The number of aromatic nitrogens is 1. The Kier molecular flexibility index (Phi) is 3.51. The molecule has 0 saturated carbocycles. The summed E-state index contributed by atoms with van der Waals surface area (Å²) in [7, 11) is 0. The number of rotatable bonds is 3. The zero-order valence-corrected chi connectivity index (χ0v) is 13.3. The molecule has 1 saturated heterocycles. The van der Waals surface area contributed by atoms with E-state index in [2.05, 4.69) is 54.3 Å². The molecule has 2 atom stereocenters. The second kappa shape index (κ2) is 5.52. The van der Waals surface area contributed by atoms with E-state index in [-0.39, 0.29) is 0 Å². The van der Waals surface area contributed by atoms with Gasteiger partial charge >= 0.3 is 0 Å². The number of aryl methyl sites for hydroxylation is 1. The van der Waals surface area contributed by atoms with Crippen molar-refractivity contribution in [2.24, 2.45) is 5.92 Å². The van der Waals surface area contributed by atoms with E-state index >= 15 is 0 Å². The maximum atomic E-state index is 4.86. The molecule has 4 rings (SSSR count). The predicted octanol–water partition coefficient (Wildman–Crippen LogP) is 2.64. The highest BCUT2D eigenvalue weighted by Crippen LogP contribution is 2.34. The lowest BCUT2D eigenvalue weighted by Gasteiger charge is -2.21. The van der Waals surface area contributed by atoms with Crippen molar-refractivity contribution in [1.82, 2.24) is 15.8 Å². The number of pyridine rings is 1. The third-order valence-electron chi connectivity index (χ3n) is 5.26. The second-order valence-electron chi connectivity index (χ2n) is 6.69. The summed E-state index contributed by atoms with van der Waals surface area (Å²) in [4.78, 5) is 4.86. The van der Waals surface area contributed by atoms with Gasteiger partial charge in [0.2, 0.25) is 0 Å². The van der Waals surface area contributed by atoms with Gasteiger partial charge in [-0.2, -0.15) is 0 Å². The lowest BCUT2D eigenvalue weighted by molar-refractivity contribution is 0.467. The molecule has 3 N–H and O–H groups in total. The molecule has 1 aromatic carbocycles. The summed E-state index contributed by atoms with van der Waals surface area (Å²) in [5, 5.41) is 5.04. The standard InChI is InChI=1S/C18H24N4/c1-11-15(12(2)22-21-11)10-19-18-13-6-3-4-8-16(13)20-17-9-5-7-14(17)18/h3-4,6,8,11-12,15,21-22H,5,7,9-10H2,1-2H3,(H,19,20). The quantitative estimate of drug-likeness (QED) is 0.815. The molecule has 0 amide bonds. The molecule has 1 aromatic heterocycles. The summed E-state index contributed by atoms with van der Waals surface area (Å²) in [6.45, 7) is 5.48. The van der Waals surface area contributed by atoms with Crippen LogP contribution in [0.5, 0.6) is 0 Å². The molecular formula is C18H24N4. The Morgan fingerprint density at radius 1 is 1.14 bits per heavy atom. The fraction of sp³-hybridized carbons (Fsp3) is 0.500. The SMILES string of the molecule is CC1NNC(C)C1CNc1c2c(nc3ccccc13)CCC2. The molecule has 116 valence electrons. The first-order valence-corrected chi connectivity index (χ1v) is 8.39. The number of hydrogen-bond donors (Lipinski definition) is 3. The van der Waals surface area contributed by atoms with Crippen molar-refractivity contribution in [3.63, 3.8) is 0 Å². The lowest BCUT2D eigenvalue weighted by Crippen LogP contribution is -2.30. The lowest BCUT2D eigenvalue weighted by atomic mass is 9.96. The van der Waals surface area contributed by atoms with Crippen LogP contribution in [0.2, 0.25) is 0 Å². The fourth-order valence-electron chi connectivity index (χ4n) is 3.90. The van der Waals surface area contributed by atoms with Crippen molar-refractivity contribution in [1.29, 1.82) is 0 Å². The van der Waals surface area contributed by atoms with Crippen LogP contribution >= 0.6 is 0 Å². The van der Waals surface area contributed by atoms with Gasteiger partial charge in [-0.3, -0.25) is 15.8 Å². The molecule has 1 aliphatic carbocycles. The topological polar surface area (TPSA) is 49.0 Å². The van der Waals surface area contributed by atoms with Gasteiger partial charge in [-0.1, -0.05) is 18.2 Å². The summed E-state index contributed by atoms with van der Waals surface area (Å²) in [6, 6.07) is 9.49. The third-order valence-corrected chi connectivity index (χ3v) is 5.26. The molecule has 2 heterocycles. The molecule has 2 aromatic rings. The molecule has 4 nitrogen and oxygen atoms in total. The first-order chi connectivity index (χ1) is 10.7. The van der Waals surface area contributed by atoms with E-state index < -0.39 is 0 Å². The van der Waals surface area contributed by atoms with Gasteiger partial charge in [-0.25, -0.2) is 0 Å². The third kappa shape index (κ3) is 2.27. The molecular weight excluding hydrogens is 272 g/mol. The number of benzene rings is 1. The van der Waals surface area contributed by atoms with E-state index in [1.54, 1.807) is 0 Å². The highest BCUT2D eigenvalue weighted by Gasteiger charge is 2.30. The van der Waals surface area contributed by atoms with Crippen LogP contribution in [-0.2, 0) is 12.8 Å². The Bertz CT molecular complexity index is 687. The van der Waals surface area contributed by atoms with Gasteiger partial charge in [0.15, 0.2) is 0 Å². The number of hydrazine groups is 1. The fourth-order valence-corrected chi connectivity index (χ4v) is 3.90. The summed E-state index contributed by atoms with van der Waals surface area (Å²) in [5.74, 6) is 0.587. The molecule has 0 spiro atoms. The van der Waals surface area contributed by atoms with Crippen LogP contribution in [-0.4, -0.2) is 23.6 Å². The molecule has 2 aliphatic rings. The minimum absolute atomic E-state index is 0.489. The van der Waals surface area contributed by atoms with Crippen LogP contribution in [0, 0.1) is 5.92 Å². The average Bonchev–Trinajstić information content (AvgIpc) is 3.11. The van der Waals surface area contributed by atoms with Crippen molar-refractivity contribution < 1.29 is 0 Å². The van der Waals surface area contributed by atoms with Gasteiger partial charge in [0.25, 0.3) is 0 Å². The summed E-state index contributed by atoms with van der Waals surface area (Å²) >= 11 is 0. The Morgan fingerprint density at radius 3 is 2.73 bits per heavy atom. The van der Waals surface area contributed by atoms with Gasteiger partial charge < -0.3 is 5.32 Å². The number of anilines is 1. The highest BCUT2D eigenvalue weighted by atomic mass is 15.4. The Balaban J connectivity index is 1.68.